The summed E-state index contributed by atoms with van der Waals surface area (Å²) in [5, 5.41) is 3.36. The summed E-state index contributed by atoms with van der Waals surface area (Å²) in [5.74, 6) is 0.170. The van der Waals surface area contributed by atoms with Gasteiger partial charge >= 0.3 is 6.09 Å². The van der Waals surface area contributed by atoms with E-state index in [1.54, 1.807) is 11.8 Å². The van der Waals surface area contributed by atoms with Crippen molar-refractivity contribution < 1.29 is 14.3 Å². The van der Waals surface area contributed by atoms with Crippen molar-refractivity contribution in [3.05, 3.63) is 0 Å². The predicted molar refractivity (Wildman–Crippen MR) is 80.0 cm³/mol. The van der Waals surface area contributed by atoms with Gasteiger partial charge in [0.05, 0.1) is 12.6 Å². The van der Waals surface area contributed by atoms with Crippen molar-refractivity contribution in [2.24, 2.45) is 5.41 Å². The lowest BCUT2D eigenvalue weighted by molar-refractivity contribution is -0.139. The molecule has 21 heavy (non-hydrogen) atoms. The molecule has 1 atom stereocenters. The van der Waals surface area contributed by atoms with Gasteiger partial charge in [-0.05, 0) is 31.7 Å². The number of hydrogen-bond donors (Lipinski definition) is 1. The van der Waals surface area contributed by atoms with E-state index in [4.69, 9.17) is 4.74 Å². The molecule has 2 amide bonds. The summed E-state index contributed by atoms with van der Waals surface area (Å²) in [6.07, 6.45) is 1.91. The Balaban J connectivity index is 1.89. The van der Waals surface area contributed by atoms with Crippen LogP contribution in [0.25, 0.3) is 0 Å². The first-order valence-electron chi connectivity index (χ1n) is 7.89. The highest BCUT2D eigenvalue weighted by Crippen LogP contribution is 2.31. The molecule has 0 bridgehead atoms. The van der Waals surface area contributed by atoms with Gasteiger partial charge in [-0.3, -0.25) is 4.79 Å². The first-order valence-corrected chi connectivity index (χ1v) is 7.89. The lowest BCUT2D eigenvalue weighted by Gasteiger charge is -2.42. The largest absolute Gasteiger partial charge is 0.450 e. The number of ether oxygens (including phenoxy) is 1. The average Bonchev–Trinajstić information content (AvgIpc) is 2.46. The highest BCUT2D eigenvalue weighted by Gasteiger charge is 2.40. The molecule has 0 saturated carbocycles. The Morgan fingerprint density at radius 1 is 1.19 bits per heavy atom. The first kappa shape index (κ1) is 16.1. The van der Waals surface area contributed by atoms with E-state index in [0.29, 0.717) is 32.8 Å². The summed E-state index contributed by atoms with van der Waals surface area (Å²) in [6.45, 7) is 9.68. The molecular formula is C15H27N3O3. The minimum absolute atomic E-state index is 0.00634. The molecule has 2 saturated heterocycles. The highest BCUT2D eigenvalue weighted by molar-refractivity contribution is 5.83. The van der Waals surface area contributed by atoms with Gasteiger partial charge in [0, 0.05) is 26.2 Å². The normalized spacial score (nSPS) is 25.6. The van der Waals surface area contributed by atoms with Crippen molar-refractivity contribution in [3.8, 4) is 0 Å². The Morgan fingerprint density at radius 3 is 2.38 bits per heavy atom. The molecule has 0 spiro atoms. The van der Waals surface area contributed by atoms with E-state index in [1.807, 2.05) is 4.90 Å². The van der Waals surface area contributed by atoms with Crippen molar-refractivity contribution in [2.75, 3.05) is 39.3 Å². The van der Waals surface area contributed by atoms with Gasteiger partial charge in [-0.25, -0.2) is 4.79 Å². The molecule has 2 rings (SSSR count). The Kier molecular flexibility index (Phi) is 5.08. The van der Waals surface area contributed by atoms with Gasteiger partial charge in [0.2, 0.25) is 5.91 Å². The second kappa shape index (κ2) is 6.64. The molecule has 0 aliphatic carbocycles. The van der Waals surface area contributed by atoms with Crippen LogP contribution < -0.4 is 5.32 Å². The molecule has 2 heterocycles. The van der Waals surface area contributed by atoms with Gasteiger partial charge in [0.1, 0.15) is 0 Å². The Hall–Kier alpha value is -1.30. The van der Waals surface area contributed by atoms with Gasteiger partial charge < -0.3 is 19.9 Å². The zero-order valence-electron chi connectivity index (χ0n) is 13.4. The number of carbonyl (C=O) groups is 2. The molecule has 120 valence electrons. The zero-order valence-corrected chi connectivity index (χ0v) is 13.4. The van der Waals surface area contributed by atoms with Crippen LogP contribution in [0.4, 0.5) is 4.79 Å². The summed E-state index contributed by atoms with van der Waals surface area (Å²) in [5.41, 5.74) is -0.00634. The van der Waals surface area contributed by atoms with Gasteiger partial charge in [-0.15, -0.1) is 0 Å². The van der Waals surface area contributed by atoms with Crippen LogP contribution in [-0.4, -0.2) is 67.2 Å². The lowest BCUT2D eigenvalue weighted by Crippen LogP contribution is -2.60. The van der Waals surface area contributed by atoms with Crippen LogP contribution in [0.5, 0.6) is 0 Å². The molecule has 1 N–H and O–H groups in total. The summed E-state index contributed by atoms with van der Waals surface area (Å²) >= 11 is 0. The molecule has 2 aliphatic rings. The fraction of sp³-hybridized carbons (Fsp3) is 0.867. The van der Waals surface area contributed by atoms with Crippen LogP contribution in [0.1, 0.15) is 33.6 Å². The van der Waals surface area contributed by atoms with Crippen molar-refractivity contribution in [3.63, 3.8) is 0 Å². The summed E-state index contributed by atoms with van der Waals surface area (Å²) in [4.78, 5) is 27.9. The third-order valence-electron chi connectivity index (χ3n) is 4.49. The second-order valence-electron chi connectivity index (χ2n) is 6.49. The second-order valence-corrected chi connectivity index (χ2v) is 6.49. The monoisotopic (exact) mass is 297 g/mol. The molecule has 0 radical (unpaired) electrons. The number of nitrogens with one attached hydrogen (secondary N) is 1. The van der Waals surface area contributed by atoms with E-state index in [0.717, 1.165) is 19.4 Å². The lowest BCUT2D eigenvalue weighted by atomic mass is 9.77. The highest BCUT2D eigenvalue weighted by atomic mass is 16.6. The van der Waals surface area contributed by atoms with Crippen LogP contribution in [0.2, 0.25) is 0 Å². The van der Waals surface area contributed by atoms with Crippen LogP contribution in [0.15, 0.2) is 0 Å². The summed E-state index contributed by atoms with van der Waals surface area (Å²) < 4.78 is 5.00. The van der Waals surface area contributed by atoms with E-state index in [2.05, 4.69) is 19.2 Å². The van der Waals surface area contributed by atoms with Crippen molar-refractivity contribution in [2.45, 2.75) is 39.7 Å². The average molecular weight is 297 g/mol. The van der Waals surface area contributed by atoms with Gasteiger partial charge in [-0.2, -0.15) is 0 Å². The summed E-state index contributed by atoms with van der Waals surface area (Å²) in [7, 11) is 0. The van der Waals surface area contributed by atoms with E-state index in [1.165, 1.54) is 0 Å². The van der Waals surface area contributed by atoms with Crippen LogP contribution in [0, 0.1) is 5.41 Å². The minimum atomic E-state index is -0.277. The minimum Gasteiger partial charge on any atom is -0.450 e. The van der Waals surface area contributed by atoms with Crippen LogP contribution >= 0.6 is 0 Å². The number of nitrogens with zero attached hydrogens (tertiary/aromatic N) is 2. The third-order valence-corrected chi connectivity index (χ3v) is 4.49. The number of piperidine rings is 1. The van der Waals surface area contributed by atoms with Crippen LogP contribution in [-0.2, 0) is 9.53 Å². The Bertz CT molecular complexity index is 390. The summed E-state index contributed by atoms with van der Waals surface area (Å²) in [6, 6.07) is -0.111. The Morgan fingerprint density at radius 2 is 1.81 bits per heavy atom. The molecule has 0 aromatic rings. The zero-order chi connectivity index (χ0) is 15.5. The van der Waals surface area contributed by atoms with E-state index in [9.17, 15) is 9.59 Å². The smallest absolute Gasteiger partial charge is 0.409 e. The van der Waals surface area contributed by atoms with Crippen molar-refractivity contribution in [1.82, 2.24) is 15.1 Å². The molecule has 0 aromatic carbocycles. The number of hydrogen-bond acceptors (Lipinski definition) is 4. The van der Waals surface area contributed by atoms with Crippen LogP contribution in [0.3, 0.4) is 0 Å². The number of rotatable bonds is 2. The van der Waals surface area contributed by atoms with E-state index >= 15 is 0 Å². The van der Waals surface area contributed by atoms with Gasteiger partial charge in [-0.1, -0.05) is 13.8 Å². The fourth-order valence-electron chi connectivity index (χ4n) is 3.14. The topological polar surface area (TPSA) is 61.9 Å². The van der Waals surface area contributed by atoms with Gasteiger partial charge in [0.15, 0.2) is 0 Å². The van der Waals surface area contributed by atoms with Crippen molar-refractivity contribution in [1.29, 1.82) is 0 Å². The first-order chi connectivity index (χ1) is 9.95. The van der Waals surface area contributed by atoms with Gasteiger partial charge in [0.25, 0.3) is 0 Å². The molecule has 6 heteroatoms. The van der Waals surface area contributed by atoms with Crippen molar-refractivity contribution >= 4 is 12.0 Å². The molecular weight excluding hydrogens is 270 g/mol. The Labute approximate surface area is 126 Å². The maximum atomic E-state index is 12.7. The third kappa shape index (κ3) is 3.67. The number of piperazine rings is 1. The predicted octanol–water partition coefficient (Wildman–Crippen LogP) is 1.07. The number of carbonyl (C=O) groups excluding carboxylic acids is 2. The molecule has 1 unspecified atom stereocenters. The van der Waals surface area contributed by atoms with E-state index in [-0.39, 0.29) is 23.5 Å². The quantitative estimate of drug-likeness (QED) is 0.828. The molecule has 2 fully saturated rings. The standard InChI is InChI=1S/C15H27N3O3/c1-4-21-14(20)18-10-8-17(9-11-18)13(19)12-15(2,3)6-5-7-16-12/h12,16H,4-11H2,1-3H3. The maximum Gasteiger partial charge on any atom is 0.409 e. The molecule has 2 aliphatic heterocycles. The maximum absolute atomic E-state index is 12.7. The number of amides is 2. The molecule has 6 nitrogen and oxygen atoms in total. The fourth-order valence-corrected chi connectivity index (χ4v) is 3.14. The van der Waals surface area contributed by atoms with E-state index < -0.39 is 0 Å². The SMILES string of the molecule is CCOC(=O)N1CCN(C(=O)C2NCCCC2(C)C)CC1. The molecule has 0 aromatic heterocycles.